The van der Waals surface area contributed by atoms with Gasteiger partial charge in [-0.15, -0.1) is 0 Å². The van der Waals surface area contributed by atoms with Crippen molar-refractivity contribution < 1.29 is 9.47 Å². The number of fused-ring (bicyclic) bond motifs is 1. The van der Waals surface area contributed by atoms with Gasteiger partial charge in [0.05, 0.1) is 0 Å². The summed E-state index contributed by atoms with van der Waals surface area (Å²) in [4.78, 5) is 0. The molecule has 0 atom stereocenters. The van der Waals surface area contributed by atoms with Crippen LogP contribution in [0.3, 0.4) is 0 Å². The summed E-state index contributed by atoms with van der Waals surface area (Å²) < 4.78 is 11.8. The van der Waals surface area contributed by atoms with Crippen molar-refractivity contribution in [1.29, 1.82) is 0 Å². The van der Waals surface area contributed by atoms with E-state index in [1.807, 2.05) is 24.3 Å². The molecule has 1 spiro atoms. The Kier molecular flexibility index (Phi) is 1.78. The molecule has 0 N–H and O–H groups in total. The fourth-order valence-electron chi connectivity index (χ4n) is 2.36. The van der Waals surface area contributed by atoms with Gasteiger partial charge >= 0.3 is 0 Å². The van der Waals surface area contributed by atoms with E-state index in [9.17, 15) is 0 Å². The fourth-order valence-corrected chi connectivity index (χ4v) is 2.36. The Balaban J connectivity index is 1.95. The summed E-state index contributed by atoms with van der Waals surface area (Å²) in [6.45, 7) is 3.75. The first kappa shape index (κ1) is 8.84. The standard InChI is InChI=1S/C13H14O2/c1-2-10-5-6-11-12(9-10)15-13(14-11)7-3-4-8-13/h2,5-6,9H,1,3-4,7-8H2. The molecule has 0 saturated heterocycles. The van der Waals surface area contributed by atoms with E-state index in [1.54, 1.807) is 0 Å². The van der Waals surface area contributed by atoms with E-state index in [2.05, 4.69) is 6.58 Å². The van der Waals surface area contributed by atoms with Crippen LogP contribution in [0.2, 0.25) is 0 Å². The smallest absolute Gasteiger partial charge is 0.251 e. The Morgan fingerprint density at radius 1 is 1.13 bits per heavy atom. The van der Waals surface area contributed by atoms with Crippen LogP contribution < -0.4 is 9.47 Å². The summed E-state index contributed by atoms with van der Waals surface area (Å²) in [5.41, 5.74) is 1.08. The van der Waals surface area contributed by atoms with Gasteiger partial charge < -0.3 is 9.47 Å². The summed E-state index contributed by atoms with van der Waals surface area (Å²) >= 11 is 0. The van der Waals surface area contributed by atoms with Crippen LogP contribution in [0.25, 0.3) is 6.08 Å². The van der Waals surface area contributed by atoms with Crippen LogP contribution >= 0.6 is 0 Å². The fraction of sp³-hybridized carbons (Fsp3) is 0.385. The number of hydrogen-bond acceptors (Lipinski definition) is 2. The first-order valence-corrected chi connectivity index (χ1v) is 5.46. The molecule has 1 saturated carbocycles. The van der Waals surface area contributed by atoms with Crippen molar-refractivity contribution in [2.45, 2.75) is 31.5 Å². The highest BCUT2D eigenvalue weighted by atomic mass is 16.7. The zero-order chi connectivity index (χ0) is 10.3. The van der Waals surface area contributed by atoms with Crippen molar-refractivity contribution >= 4 is 6.08 Å². The third kappa shape index (κ3) is 1.32. The molecule has 0 amide bonds. The van der Waals surface area contributed by atoms with Gasteiger partial charge in [0.15, 0.2) is 11.5 Å². The van der Waals surface area contributed by atoms with Crippen molar-refractivity contribution in [1.82, 2.24) is 0 Å². The average Bonchev–Trinajstić information content (AvgIpc) is 2.84. The molecule has 2 aliphatic rings. The van der Waals surface area contributed by atoms with Crippen molar-refractivity contribution in [3.05, 3.63) is 30.3 Å². The maximum atomic E-state index is 5.93. The van der Waals surface area contributed by atoms with Crippen LogP contribution in [-0.2, 0) is 0 Å². The maximum Gasteiger partial charge on any atom is 0.251 e. The summed E-state index contributed by atoms with van der Waals surface area (Å²) in [7, 11) is 0. The highest BCUT2D eigenvalue weighted by molar-refractivity contribution is 5.55. The molecule has 1 aromatic rings. The molecule has 0 aromatic heterocycles. The topological polar surface area (TPSA) is 18.5 Å². The van der Waals surface area contributed by atoms with Crippen molar-refractivity contribution in [2.24, 2.45) is 0 Å². The number of ether oxygens (including phenoxy) is 2. The maximum absolute atomic E-state index is 5.93. The van der Waals surface area contributed by atoms with E-state index >= 15 is 0 Å². The van der Waals surface area contributed by atoms with Gasteiger partial charge in [-0.3, -0.25) is 0 Å². The number of benzene rings is 1. The Labute approximate surface area is 89.5 Å². The van der Waals surface area contributed by atoms with Crippen LogP contribution in [0, 0.1) is 0 Å². The quantitative estimate of drug-likeness (QED) is 0.695. The predicted octanol–water partition coefficient (Wildman–Crippen LogP) is 3.37. The lowest BCUT2D eigenvalue weighted by atomic mass is 10.2. The van der Waals surface area contributed by atoms with E-state index in [-0.39, 0.29) is 5.79 Å². The predicted molar refractivity (Wildman–Crippen MR) is 59.0 cm³/mol. The number of rotatable bonds is 1. The second-order valence-electron chi connectivity index (χ2n) is 4.23. The van der Waals surface area contributed by atoms with Gasteiger partial charge in [-0.1, -0.05) is 18.7 Å². The first-order valence-electron chi connectivity index (χ1n) is 5.46. The zero-order valence-electron chi connectivity index (χ0n) is 8.66. The molecular weight excluding hydrogens is 188 g/mol. The van der Waals surface area contributed by atoms with Crippen LogP contribution in [0.1, 0.15) is 31.2 Å². The van der Waals surface area contributed by atoms with Gasteiger partial charge in [0.25, 0.3) is 5.79 Å². The second kappa shape index (κ2) is 3.02. The molecule has 1 heterocycles. The monoisotopic (exact) mass is 202 g/mol. The lowest BCUT2D eigenvalue weighted by Crippen LogP contribution is -2.34. The Bertz CT molecular complexity index is 403. The third-order valence-corrected chi connectivity index (χ3v) is 3.16. The van der Waals surface area contributed by atoms with Gasteiger partial charge in [-0.05, 0) is 30.5 Å². The van der Waals surface area contributed by atoms with E-state index < -0.39 is 0 Å². The Hall–Kier alpha value is -1.44. The number of hydrogen-bond donors (Lipinski definition) is 0. The molecular formula is C13H14O2. The first-order chi connectivity index (χ1) is 7.31. The van der Waals surface area contributed by atoms with Crippen molar-refractivity contribution in [3.63, 3.8) is 0 Å². The molecule has 1 fully saturated rings. The molecule has 1 aromatic carbocycles. The third-order valence-electron chi connectivity index (χ3n) is 3.16. The van der Waals surface area contributed by atoms with Gasteiger partial charge in [0.2, 0.25) is 0 Å². The van der Waals surface area contributed by atoms with E-state index in [0.29, 0.717) is 0 Å². The molecule has 15 heavy (non-hydrogen) atoms. The van der Waals surface area contributed by atoms with Gasteiger partial charge in [-0.25, -0.2) is 0 Å². The van der Waals surface area contributed by atoms with Gasteiger partial charge in [0, 0.05) is 12.8 Å². The molecule has 0 radical (unpaired) electrons. The molecule has 1 aliphatic heterocycles. The lowest BCUT2D eigenvalue weighted by molar-refractivity contribution is -0.0716. The second-order valence-corrected chi connectivity index (χ2v) is 4.23. The normalized spacial score (nSPS) is 20.8. The van der Waals surface area contributed by atoms with Crippen LogP contribution in [0.15, 0.2) is 24.8 Å². The molecule has 78 valence electrons. The minimum Gasteiger partial charge on any atom is -0.448 e. The largest absolute Gasteiger partial charge is 0.448 e. The lowest BCUT2D eigenvalue weighted by Gasteiger charge is -2.21. The van der Waals surface area contributed by atoms with E-state index in [1.165, 1.54) is 12.8 Å². The molecule has 3 rings (SSSR count). The van der Waals surface area contributed by atoms with Crippen molar-refractivity contribution in [3.8, 4) is 11.5 Å². The Morgan fingerprint density at radius 2 is 1.87 bits per heavy atom. The summed E-state index contributed by atoms with van der Waals surface area (Å²) in [6, 6.07) is 5.97. The highest BCUT2D eigenvalue weighted by Crippen LogP contribution is 2.46. The molecule has 2 nitrogen and oxygen atoms in total. The van der Waals surface area contributed by atoms with Gasteiger partial charge in [-0.2, -0.15) is 0 Å². The summed E-state index contributed by atoms with van der Waals surface area (Å²) in [5, 5.41) is 0. The Morgan fingerprint density at radius 3 is 2.60 bits per heavy atom. The molecule has 0 bridgehead atoms. The van der Waals surface area contributed by atoms with Crippen molar-refractivity contribution in [2.75, 3.05) is 0 Å². The average molecular weight is 202 g/mol. The van der Waals surface area contributed by atoms with E-state index in [0.717, 1.165) is 29.9 Å². The van der Waals surface area contributed by atoms with Crippen LogP contribution in [0.4, 0.5) is 0 Å². The van der Waals surface area contributed by atoms with E-state index in [4.69, 9.17) is 9.47 Å². The minimum absolute atomic E-state index is 0.345. The molecule has 0 unspecified atom stereocenters. The zero-order valence-corrected chi connectivity index (χ0v) is 8.66. The molecule has 1 aliphatic carbocycles. The van der Waals surface area contributed by atoms with Crippen LogP contribution in [0.5, 0.6) is 11.5 Å². The molecule has 2 heteroatoms. The van der Waals surface area contributed by atoms with Gasteiger partial charge in [0.1, 0.15) is 0 Å². The summed E-state index contributed by atoms with van der Waals surface area (Å²) in [6.07, 6.45) is 6.23. The SMILES string of the molecule is C=Cc1ccc2c(c1)OC1(CCCC1)O2. The van der Waals surface area contributed by atoms with Crippen LogP contribution in [-0.4, -0.2) is 5.79 Å². The highest BCUT2D eigenvalue weighted by Gasteiger charge is 2.43. The minimum atomic E-state index is -0.345. The summed E-state index contributed by atoms with van der Waals surface area (Å²) in [5.74, 6) is 1.40.